The molecule has 0 atom stereocenters. The summed E-state index contributed by atoms with van der Waals surface area (Å²) in [6.45, 7) is 0. The molecule has 0 spiro atoms. The van der Waals surface area contributed by atoms with Gasteiger partial charge >= 0.3 is 5.97 Å². The lowest BCUT2D eigenvalue weighted by molar-refractivity contribution is -0.136. The van der Waals surface area contributed by atoms with E-state index in [4.69, 9.17) is 10.4 Å². The van der Waals surface area contributed by atoms with Crippen LogP contribution in [0.4, 0.5) is 8.78 Å². The number of aliphatic carboxylic acids is 1. The van der Waals surface area contributed by atoms with Crippen molar-refractivity contribution in [1.82, 2.24) is 0 Å². The Bertz CT molecular complexity index is 424. The topological polar surface area (TPSA) is 61.1 Å². The van der Waals surface area contributed by atoms with Crippen LogP contribution in [0.25, 0.3) is 0 Å². The molecular formula is C9H5F2NO2. The molecule has 1 aromatic carbocycles. The Labute approximate surface area is 78.2 Å². The van der Waals surface area contributed by atoms with Gasteiger partial charge in [0.2, 0.25) is 0 Å². The standard InChI is InChI=1S/C9H5F2NO2/c10-7-3-8(11)6(4-12)1-5(7)2-9(13)14/h1,3H,2H2,(H,13,14). The first-order chi connectivity index (χ1) is 6.54. The number of benzene rings is 1. The second-order valence-electron chi connectivity index (χ2n) is 2.61. The number of halogens is 2. The van der Waals surface area contributed by atoms with Crippen LogP contribution in [0.3, 0.4) is 0 Å². The summed E-state index contributed by atoms with van der Waals surface area (Å²) in [4.78, 5) is 10.3. The molecule has 14 heavy (non-hydrogen) atoms. The summed E-state index contributed by atoms with van der Waals surface area (Å²) in [7, 11) is 0. The first-order valence-corrected chi connectivity index (χ1v) is 3.64. The van der Waals surface area contributed by atoms with E-state index in [1.165, 1.54) is 6.07 Å². The van der Waals surface area contributed by atoms with Gasteiger partial charge in [0.25, 0.3) is 0 Å². The third-order valence-electron chi connectivity index (χ3n) is 1.60. The third-order valence-corrected chi connectivity index (χ3v) is 1.60. The van der Waals surface area contributed by atoms with Crippen LogP contribution in [0.15, 0.2) is 12.1 Å². The largest absolute Gasteiger partial charge is 0.481 e. The van der Waals surface area contributed by atoms with Gasteiger partial charge in [0.05, 0.1) is 12.0 Å². The fourth-order valence-corrected chi connectivity index (χ4v) is 0.978. The molecule has 1 rings (SSSR count). The highest BCUT2D eigenvalue weighted by atomic mass is 19.1. The van der Waals surface area contributed by atoms with Crippen molar-refractivity contribution in [3.05, 3.63) is 34.9 Å². The van der Waals surface area contributed by atoms with Crippen molar-refractivity contribution in [1.29, 1.82) is 5.26 Å². The lowest BCUT2D eigenvalue weighted by atomic mass is 10.1. The average Bonchev–Trinajstić information content (AvgIpc) is 2.09. The Kier molecular flexibility index (Phi) is 2.77. The number of hydrogen-bond acceptors (Lipinski definition) is 2. The lowest BCUT2D eigenvalue weighted by Crippen LogP contribution is -2.04. The van der Waals surface area contributed by atoms with Gasteiger partial charge in [0.1, 0.15) is 17.7 Å². The van der Waals surface area contributed by atoms with Gasteiger partial charge in [-0.15, -0.1) is 0 Å². The maximum absolute atomic E-state index is 12.9. The smallest absolute Gasteiger partial charge is 0.307 e. The molecule has 0 aliphatic rings. The number of nitrogens with zero attached hydrogens (tertiary/aromatic N) is 1. The molecule has 5 heteroatoms. The van der Waals surface area contributed by atoms with E-state index in [0.29, 0.717) is 6.07 Å². The van der Waals surface area contributed by atoms with Crippen LogP contribution in [0, 0.1) is 23.0 Å². The van der Waals surface area contributed by atoms with Crippen molar-refractivity contribution in [3.8, 4) is 6.07 Å². The second-order valence-corrected chi connectivity index (χ2v) is 2.61. The summed E-state index contributed by atoms with van der Waals surface area (Å²) in [6.07, 6.45) is -0.569. The van der Waals surface area contributed by atoms with Gasteiger partial charge < -0.3 is 5.11 Å². The van der Waals surface area contributed by atoms with Crippen LogP contribution in [0.5, 0.6) is 0 Å². The third kappa shape index (κ3) is 2.04. The Balaban J connectivity index is 3.19. The average molecular weight is 197 g/mol. The molecule has 1 N–H and O–H groups in total. The maximum atomic E-state index is 12.9. The van der Waals surface area contributed by atoms with E-state index in [1.54, 1.807) is 0 Å². The number of hydrogen-bond donors (Lipinski definition) is 1. The molecule has 0 saturated heterocycles. The first-order valence-electron chi connectivity index (χ1n) is 3.64. The van der Waals surface area contributed by atoms with Gasteiger partial charge in [-0.1, -0.05) is 0 Å². The zero-order valence-corrected chi connectivity index (χ0v) is 6.92. The van der Waals surface area contributed by atoms with Gasteiger partial charge in [0, 0.05) is 11.6 Å². The van der Waals surface area contributed by atoms with E-state index in [0.717, 1.165) is 6.07 Å². The molecule has 0 heterocycles. The summed E-state index contributed by atoms with van der Waals surface area (Å²) in [5, 5.41) is 16.8. The van der Waals surface area contributed by atoms with E-state index in [-0.39, 0.29) is 11.1 Å². The molecular weight excluding hydrogens is 192 g/mol. The summed E-state index contributed by atoms with van der Waals surface area (Å²) in [6, 6.07) is 2.91. The lowest BCUT2D eigenvalue weighted by Gasteiger charge is -2.00. The van der Waals surface area contributed by atoms with E-state index in [2.05, 4.69) is 0 Å². The van der Waals surface area contributed by atoms with Gasteiger partial charge in [-0.05, 0) is 6.07 Å². The highest BCUT2D eigenvalue weighted by Gasteiger charge is 2.11. The fourth-order valence-electron chi connectivity index (χ4n) is 0.978. The number of carboxylic acids is 1. The molecule has 72 valence electrons. The molecule has 0 amide bonds. The van der Waals surface area contributed by atoms with Crippen LogP contribution in [0.1, 0.15) is 11.1 Å². The van der Waals surface area contributed by atoms with Crippen LogP contribution < -0.4 is 0 Å². The molecule has 1 aromatic rings. The van der Waals surface area contributed by atoms with Gasteiger partial charge in [-0.2, -0.15) is 5.26 Å². The Morgan fingerprint density at radius 1 is 1.43 bits per heavy atom. The van der Waals surface area contributed by atoms with Crippen molar-refractivity contribution in [3.63, 3.8) is 0 Å². The highest BCUT2D eigenvalue weighted by Crippen LogP contribution is 2.14. The van der Waals surface area contributed by atoms with E-state index in [1.807, 2.05) is 0 Å². The Morgan fingerprint density at radius 3 is 2.57 bits per heavy atom. The monoisotopic (exact) mass is 197 g/mol. The van der Waals surface area contributed by atoms with E-state index < -0.39 is 24.0 Å². The van der Waals surface area contributed by atoms with Crippen LogP contribution in [-0.4, -0.2) is 11.1 Å². The van der Waals surface area contributed by atoms with Crippen molar-refractivity contribution >= 4 is 5.97 Å². The van der Waals surface area contributed by atoms with Crippen LogP contribution >= 0.6 is 0 Å². The second kappa shape index (κ2) is 3.83. The van der Waals surface area contributed by atoms with Crippen LogP contribution in [0.2, 0.25) is 0 Å². The molecule has 0 bridgehead atoms. The molecule has 3 nitrogen and oxygen atoms in total. The summed E-state index contributed by atoms with van der Waals surface area (Å²) >= 11 is 0. The molecule has 0 saturated carbocycles. The number of nitriles is 1. The minimum Gasteiger partial charge on any atom is -0.481 e. The van der Waals surface area contributed by atoms with Crippen molar-refractivity contribution < 1.29 is 18.7 Å². The number of carbonyl (C=O) groups is 1. The number of carboxylic acid groups (broad SMARTS) is 1. The summed E-state index contributed by atoms with van der Waals surface area (Å²) < 4.78 is 25.7. The highest BCUT2D eigenvalue weighted by molar-refractivity contribution is 5.70. The van der Waals surface area contributed by atoms with Gasteiger partial charge in [-0.3, -0.25) is 4.79 Å². The first kappa shape index (κ1) is 10.1. The SMILES string of the molecule is N#Cc1cc(CC(=O)O)c(F)cc1F. The quantitative estimate of drug-likeness (QED) is 0.780. The van der Waals surface area contributed by atoms with Crippen molar-refractivity contribution in [2.45, 2.75) is 6.42 Å². The zero-order valence-electron chi connectivity index (χ0n) is 6.92. The molecule has 0 aromatic heterocycles. The minimum absolute atomic E-state index is 0.199. The van der Waals surface area contributed by atoms with Crippen molar-refractivity contribution in [2.75, 3.05) is 0 Å². The van der Waals surface area contributed by atoms with Gasteiger partial charge in [-0.25, -0.2) is 8.78 Å². The van der Waals surface area contributed by atoms with E-state index >= 15 is 0 Å². The minimum atomic E-state index is -1.24. The predicted molar refractivity (Wildman–Crippen MR) is 42.4 cm³/mol. The van der Waals surface area contributed by atoms with Crippen molar-refractivity contribution in [2.24, 2.45) is 0 Å². The molecule has 0 fully saturated rings. The Morgan fingerprint density at radius 2 is 2.07 bits per heavy atom. The molecule has 0 aliphatic carbocycles. The van der Waals surface area contributed by atoms with Gasteiger partial charge in [0.15, 0.2) is 0 Å². The molecule has 0 radical (unpaired) electrons. The summed E-state index contributed by atoms with van der Waals surface area (Å²) in [5.41, 5.74) is -0.557. The Hall–Kier alpha value is -1.96. The van der Waals surface area contributed by atoms with E-state index in [9.17, 15) is 13.6 Å². The maximum Gasteiger partial charge on any atom is 0.307 e. The summed E-state index contributed by atoms with van der Waals surface area (Å²) in [5.74, 6) is -3.18. The van der Waals surface area contributed by atoms with Crippen LogP contribution in [-0.2, 0) is 11.2 Å². The predicted octanol–water partition coefficient (Wildman–Crippen LogP) is 1.46. The zero-order chi connectivity index (χ0) is 10.7. The molecule has 0 aliphatic heterocycles. The number of rotatable bonds is 2. The molecule has 0 unspecified atom stereocenters. The normalized spacial score (nSPS) is 9.50. The fraction of sp³-hybridized carbons (Fsp3) is 0.111.